The number of allylic oxidation sites excluding steroid dienone is 1. The molecule has 1 aromatic carbocycles. The topological polar surface area (TPSA) is 35.2 Å². The van der Waals surface area contributed by atoms with Gasteiger partial charge in [-0.1, -0.05) is 51.1 Å². The van der Waals surface area contributed by atoms with Crippen LogP contribution in [0, 0.1) is 5.41 Å². The molecule has 1 atom stereocenters. The molecule has 0 spiro atoms. The second-order valence-electron chi connectivity index (χ2n) is 5.71. The van der Waals surface area contributed by atoms with Gasteiger partial charge in [0.1, 0.15) is 11.9 Å². The fourth-order valence-corrected chi connectivity index (χ4v) is 1.97. The van der Waals surface area contributed by atoms with Gasteiger partial charge in [-0.05, 0) is 11.0 Å². The van der Waals surface area contributed by atoms with Gasteiger partial charge in [0, 0.05) is 18.5 Å². The van der Waals surface area contributed by atoms with E-state index in [-0.39, 0.29) is 11.5 Å². The first-order valence-electron chi connectivity index (χ1n) is 6.17. The van der Waals surface area contributed by atoms with Crippen molar-refractivity contribution in [2.24, 2.45) is 11.1 Å². The Labute approximate surface area is 103 Å². The second kappa shape index (κ2) is 4.53. The van der Waals surface area contributed by atoms with Crippen LogP contribution in [0.3, 0.4) is 0 Å². The van der Waals surface area contributed by atoms with Crippen LogP contribution in [0.1, 0.15) is 31.9 Å². The smallest absolute Gasteiger partial charge is 0.130 e. The van der Waals surface area contributed by atoms with E-state index < -0.39 is 0 Å². The fraction of sp³-hybridized carbons (Fsp3) is 0.467. The summed E-state index contributed by atoms with van der Waals surface area (Å²) >= 11 is 0. The molecule has 1 aliphatic rings. The van der Waals surface area contributed by atoms with Crippen LogP contribution in [0.15, 0.2) is 24.3 Å². The molecule has 2 nitrogen and oxygen atoms in total. The molecule has 92 valence electrons. The molecular formula is C15H21NO. The van der Waals surface area contributed by atoms with Gasteiger partial charge in [-0.25, -0.2) is 0 Å². The summed E-state index contributed by atoms with van der Waals surface area (Å²) in [5.41, 5.74) is 8.29. The molecule has 0 fully saturated rings. The fourth-order valence-electron chi connectivity index (χ4n) is 1.97. The van der Waals surface area contributed by atoms with Crippen LogP contribution in [0.25, 0.3) is 6.08 Å². The van der Waals surface area contributed by atoms with Gasteiger partial charge >= 0.3 is 0 Å². The van der Waals surface area contributed by atoms with Gasteiger partial charge < -0.3 is 10.5 Å². The van der Waals surface area contributed by atoms with E-state index in [0.29, 0.717) is 6.54 Å². The molecule has 0 amide bonds. The summed E-state index contributed by atoms with van der Waals surface area (Å²) < 4.78 is 5.88. The zero-order valence-electron chi connectivity index (χ0n) is 10.9. The average molecular weight is 231 g/mol. The Morgan fingerprint density at radius 1 is 1.41 bits per heavy atom. The number of para-hydroxylation sites is 1. The van der Waals surface area contributed by atoms with E-state index in [1.54, 1.807) is 0 Å². The first kappa shape index (κ1) is 12.2. The lowest BCUT2D eigenvalue weighted by Gasteiger charge is -2.12. The summed E-state index contributed by atoms with van der Waals surface area (Å²) in [7, 11) is 0. The molecular weight excluding hydrogens is 210 g/mol. The van der Waals surface area contributed by atoms with Crippen LogP contribution in [-0.4, -0.2) is 12.6 Å². The maximum atomic E-state index is 5.88. The van der Waals surface area contributed by atoms with Crippen LogP contribution < -0.4 is 10.5 Å². The molecule has 2 rings (SSSR count). The Balaban J connectivity index is 2.27. The van der Waals surface area contributed by atoms with Crippen LogP contribution in [0.4, 0.5) is 0 Å². The summed E-state index contributed by atoms with van der Waals surface area (Å²) in [6.07, 6.45) is 5.44. The van der Waals surface area contributed by atoms with Crippen molar-refractivity contribution in [3.8, 4) is 5.75 Å². The minimum absolute atomic E-state index is 0.147. The van der Waals surface area contributed by atoms with Gasteiger partial charge in [0.05, 0.1) is 0 Å². The Morgan fingerprint density at radius 3 is 2.82 bits per heavy atom. The SMILES string of the molecule is CC(C)(C)C=Cc1cccc2c1OC(CN)C2. The monoisotopic (exact) mass is 231 g/mol. The van der Waals surface area contributed by atoms with Crippen molar-refractivity contribution in [1.82, 2.24) is 0 Å². The molecule has 0 aliphatic carbocycles. The number of benzene rings is 1. The molecule has 1 aliphatic heterocycles. The van der Waals surface area contributed by atoms with Crippen LogP contribution in [0.2, 0.25) is 0 Å². The molecule has 17 heavy (non-hydrogen) atoms. The standard InChI is InChI=1S/C15H21NO/c1-15(2,3)8-7-11-5-4-6-12-9-13(10-16)17-14(11)12/h4-8,13H,9-10,16H2,1-3H3. The molecule has 0 saturated carbocycles. The maximum absolute atomic E-state index is 5.88. The summed E-state index contributed by atoms with van der Waals surface area (Å²) in [5, 5.41) is 0. The summed E-state index contributed by atoms with van der Waals surface area (Å²) in [5.74, 6) is 1.02. The van der Waals surface area contributed by atoms with E-state index in [0.717, 1.165) is 17.7 Å². The number of fused-ring (bicyclic) bond motifs is 1. The van der Waals surface area contributed by atoms with Crippen LogP contribution in [-0.2, 0) is 6.42 Å². The molecule has 0 radical (unpaired) electrons. The number of hydrogen-bond acceptors (Lipinski definition) is 2. The van der Waals surface area contributed by atoms with Crippen LogP contribution >= 0.6 is 0 Å². The van der Waals surface area contributed by atoms with Crippen molar-refractivity contribution in [2.45, 2.75) is 33.3 Å². The predicted molar refractivity (Wildman–Crippen MR) is 72.1 cm³/mol. The first-order chi connectivity index (χ1) is 7.99. The van der Waals surface area contributed by atoms with Crippen molar-refractivity contribution >= 4 is 6.08 Å². The van der Waals surface area contributed by atoms with Gasteiger partial charge in [-0.3, -0.25) is 0 Å². The average Bonchev–Trinajstić information content (AvgIpc) is 2.68. The second-order valence-corrected chi connectivity index (χ2v) is 5.71. The number of ether oxygens (including phenoxy) is 1. The third-order valence-electron chi connectivity index (χ3n) is 2.88. The summed E-state index contributed by atoms with van der Waals surface area (Å²) in [4.78, 5) is 0. The van der Waals surface area contributed by atoms with Gasteiger partial charge in [-0.15, -0.1) is 0 Å². The molecule has 2 heteroatoms. The van der Waals surface area contributed by atoms with E-state index in [2.05, 4.69) is 51.1 Å². The van der Waals surface area contributed by atoms with E-state index in [1.807, 2.05) is 0 Å². The first-order valence-corrected chi connectivity index (χ1v) is 6.17. The molecule has 1 unspecified atom stereocenters. The lowest BCUT2D eigenvalue weighted by molar-refractivity contribution is 0.241. The van der Waals surface area contributed by atoms with Crippen molar-refractivity contribution in [2.75, 3.05) is 6.54 Å². The third-order valence-corrected chi connectivity index (χ3v) is 2.88. The van der Waals surface area contributed by atoms with Gasteiger partial charge in [0.25, 0.3) is 0 Å². The predicted octanol–water partition coefficient (Wildman–Crippen LogP) is 3.01. The highest BCUT2D eigenvalue weighted by Crippen LogP contribution is 2.33. The maximum Gasteiger partial charge on any atom is 0.130 e. The lowest BCUT2D eigenvalue weighted by atomic mass is 9.95. The normalized spacial score (nSPS) is 19.4. The minimum atomic E-state index is 0.147. The highest BCUT2D eigenvalue weighted by atomic mass is 16.5. The van der Waals surface area contributed by atoms with E-state index >= 15 is 0 Å². The largest absolute Gasteiger partial charge is 0.488 e. The zero-order chi connectivity index (χ0) is 12.5. The van der Waals surface area contributed by atoms with Crippen molar-refractivity contribution in [1.29, 1.82) is 0 Å². The Bertz CT molecular complexity index is 429. The highest BCUT2D eigenvalue weighted by molar-refractivity contribution is 5.61. The van der Waals surface area contributed by atoms with Crippen molar-refractivity contribution < 1.29 is 4.74 Å². The Morgan fingerprint density at radius 2 is 2.18 bits per heavy atom. The quantitative estimate of drug-likeness (QED) is 0.849. The molecule has 0 aromatic heterocycles. The summed E-state index contributed by atoms with van der Waals surface area (Å²) in [6, 6.07) is 6.31. The van der Waals surface area contributed by atoms with Crippen molar-refractivity contribution in [3.63, 3.8) is 0 Å². The lowest BCUT2D eigenvalue weighted by Crippen LogP contribution is -2.24. The molecule has 1 aromatic rings. The van der Waals surface area contributed by atoms with Crippen LogP contribution in [0.5, 0.6) is 5.75 Å². The summed E-state index contributed by atoms with van der Waals surface area (Å²) in [6.45, 7) is 7.15. The van der Waals surface area contributed by atoms with E-state index in [4.69, 9.17) is 10.5 Å². The number of hydrogen-bond donors (Lipinski definition) is 1. The van der Waals surface area contributed by atoms with Gasteiger partial charge in [-0.2, -0.15) is 0 Å². The van der Waals surface area contributed by atoms with Gasteiger partial charge in [0.2, 0.25) is 0 Å². The Kier molecular flexibility index (Phi) is 3.25. The third kappa shape index (κ3) is 2.89. The molecule has 0 saturated heterocycles. The zero-order valence-corrected chi connectivity index (χ0v) is 10.9. The number of rotatable bonds is 2. The molecule has 0 bridgehead atoms. The Hall–Kier alpha value is -1.28. The molecule has 2 N–H and O–H groups in total. The minimum Gasteiger partial charge on any atom is -0.488 e. The van der Waals surface area contributed by atoms with E-state index in [1.165, 1.54) is 5.56 Å². The van der Waals surface area contributed by atoms with E-state index in [9.17, 15) is 0 Å². The molecule has 1 heterocycles. The van der Waals surface area contributed by atoms with Crippen molar-refractivity contribution in [3.05, 3.63) is 35.4 Å². The highest BCUT2D eigenvalue weighted by Gasteiger charge is 2.23. The van der Waals surface area contributed by atoms with Gasteiger partial charge in [0.15, 0.2) is 0 Å². The number of nitrogens with two attached hydrogens (primary N) is 1.